The quantitative estimate of drug-likeness (QED) is 0.482. The van der Waals surface area contributed by atoms with Gasteiger partial charge in [0.05, 0.1) is 17.3 Å². The van der Waals surface area contributed by atoms with Gasteiger partial charge in [0.25, 0.3) is 0 Å². The smallest absolute Gasteiger partial charge is 0.0998 e. The zero-order valence-electron chi connectivity index (χ0n) is 15.7. The van der Waals surface area contributed by atoms with Crippen LogP contribution in [0.5, 0.6) is 0 Å². The lowest BCUT2D eigenvalue weighted by Crippen LogP contribution is -2.36. The second-order valence-corrected chi connectivity index (χ2v) is 7.29. The second kappa shape index (κ2) is 6.99. The zero-order chi connectivity index (χ0) is 18.9. The van der Waals surface area contributed by atoms with Gasteiger partial charge in [0.2, 0.25) is 0 Å². The molecule has 28 heavy (non-hydrogen) atoms. The summed E-state index contributed by atoms with van der Waals surface area (Å²) in [7, 11) is 0. The van der Waals surface area contributed by atoms with Crippen LogP contribution in [-0.4, -0.2) is 18.1 Å². The SMILES string of the molecule is N#Cc1ccc(N2CCCN2Cc2cccc3ccccc23)c2ccccc12. The Kier molecular flexibility index (Phi) is 4.20. The van der Waals surface area contributed by atoms with Gasteiger partial charge in [-0.05, 0) is 34.9 Å². The van der Waals surface area contributed by atoms with Crippen molar-refractivity contribution in [3.8, 4) is 6.07 Å². The van der Waals surface area contributed by atoms with E-state index in [1.54, 1.807) is 0 Å². The van der Waals surface area contributed by atoms with Gasteiger partial charge in [0.1, 0.15) is 0 Å². The van der Waals surface area contributed by atoms with E-state index in [4.69, 9.17) is 0 Å². The number of benzene rings is 4. The Balaban J connectivity index is 1.55. The van der Waals surface area contributed by atoms with Crippen molar-refractivity contribution in [2.24, 2.45) is 0 Å². The summed E-state index contributed by atoms with van der Waals surface area (Å²) in [5.41, 5.74) is 3.27. The van der Waals surface area contributed by atoms with Gasteiger partial charge in [-0.15, -0.1) is 0 Å². The van der Waals surface area contributed by atoms with Crippen molar-refractivity contribution in [1.29, 1.82) is 5.26 Å². The summed E-state index contributed by atoms with van der Waals surface area (Å²) in [6, 6.07) is 29.8. The van der Waals surface area contributed by atoms with Gasteiger partial charge in [0.15, 0.2) is 0 Å². The van der Waals surface area contributed by atoms with E-state index in [0.717, 1.165) is 42.4 Å². The summed E-state index contributed by atoms with van der Waals surface area (Å²) in [4.78, 5) is 0. The summed E-state index contributed by atoms with van der Waals surface area (Å²) in [5.74, 6) is 0. The molecule has 0 unspecified atom stereocenters. The molecule has 0 aromatic heterocycles. The maximum absolute atomic E-state index is 9.47. The number of rotatable bonds is 3. The van der Waals surface area contributed by atoms with E-state index in [1.165, 1.54) is 22.0 Å². The van der Waals surface area contributed by atoms with Crippen LogP contribution >= 0.6 is 0 Å². The van der Waals surface area contributed by atoms with Crippen LogP contribution in [0.15, 0.2) is 78.9 Å². The number of hydrogen-bond acceptors (Lipinski definition) is 3. The molecule has 3 heteroatoms. The Morgan fingerprint density at radius 3 is 2.36 bits per heavy atom. The molecular formula is C25H21N3. The highest BCUT2D eigenvalue weighted by molar-refractivity contribution is 5.97. The van der Waals surface area contributed by atoms with Crippen molar-refractivity contribution in [1.82, 2.24) is 5.01 Å². The monoisotopic (exact) mass is 363 g/mol. The molecule has 0 atom stereocenters. The minimum absolute atomic E-state index is 0.735. The lowest BCUT2D eigenvalue weighted by atomic mass is 10.0. The van der Waals surface area contributed by atoms with Crippen LogP contribution in [0.1, 0.15) is 17.5 Å². The fourth-order valence-corrected chi connectivity index (χ4v) is 4.34. The number of hydrogen-bond donors (Lipinski definition) is 0. The third-order valence-electron chi connectivity index (χ3n) is 5.66. The number of nitriles is 1. The van der Waals surface area contributed by atoms with Crippen molar-refractivity contribution in [3.05, 3.63) is 90.0 Å². The first-order valence-electron chi connectivity index (χ1n) is 9.76. The molecule has 0 amide bonds. The fourth-order valence-electron chi connectivity index (χ4n) is 4.34. The molecule has 0 aliphatic carbocycles. The number of nitrogens with zero attached hydrogens (tertiary/aromatic N) is 3. The van der Waals surface area contributed by atoms with Gasteiger partial charge >= 0.3 is 0 Å². The van der Waals surface area contributed by atoms with Crippen LogP contribution in [0.4, 0.5) is 5.69 Å². The Morgan fingerprint density at radius 2 is 1.50 bits per heavy atom. The molecule has 0 saturated carbocycles. The normalized spacial score (nSPS) is 14.6. The molecule has 0 N–H and O–H groups in total. The van der Waals surface area contributed by atoms with Crippen molar-refractivity contribution >= 4 is 27.2 Å². The average molecular weight is 363 g/mol. The van der Waals surface area contributed by atoms with Gasteiger partial charge in [-0.2, -0.15) is 5.26 Å². The molecule has 4 aromatic rings. The minimum atomic E-state index is 0.735. The molecule has 1 aliphatic heterocycles. The number of fused-ring (bicyclic) bond motifs is 2. The van der Waals surface area contributed by atoms with Crippen molar-refractivity contribution < 1.29 is 0 Å². The van der Waals surface area contributed by atoms with Crippen LogP contribution in [0.25, 0.3) is 21.5 Å². The highest BCUT2D eigenvalue weighted by Crippen LogP contribution is 2.33. The summed E-state index contributed by atoms with van der Waals surface area (Å²) >= 11 is 0. The topological polar surface area (TPSA) is 30.3 Å². The molecule has 0 spiro atoms. The van der Waals surface area contributed by atoms with E-state index in [1.807, 2.05) is 18.2 Å². The molecule has 136 valence electrons. The maximum atomic E-state index is 9.47. The fraction of sp³-hybridized carbons (Fsp3) is 0.160. The Bertz CT molecular complexity index is 1200. The van der Waals surface area contributed by atoms with Gasteiger partial charge in [-0.3, -0.25) is 0 Å². The third-order valence-corrected chi connectivity index (χ3v) is 5.66. The molecule has 0 radical (unpaired) electrons. The molecular weight excluding hydrogens is 342 g/mol. The summed E-state index contributed by atoms with van der Waals surface area (Å²) in [6.45, 7) is 2.92. The Labute approximate surface area is 165 Å². The van der Waals surface area contributed by atoms with Crippen molar-refractivity contribution in [3.63, 3.8) is 0 Å². The zero-order valence-corrected chi connectivity index (χ0v) is 15.7. The van der Waals surface area contributed by atoms with Crippen LogP contribution in [0, 0.1) is 11.3 Å². The number of anilines is 1. The molecule has 0 bridgehead atoms. The van der Waals surface area contributed by atoms with Crippen molar-refractivity contribution in [2.45, 2.75) is 13.0 Å². The average Bonchev–Trinajstić information content (AvgIpc) is 3.21. The Morgan fingerprint density at radius 1 is 0.750 bits per heavy atom. The predicted octanol–water partition coefficient (Wildman–Crippen LogP) is 5.49. The molecule has 5 rings (SSSR count). The first kappa shape index (κ1) is 16.8. The highest BCUT2D eigenvalue weighted by Gasteiger charge is 2.24. The molecule has 1 heterocycles. The van der Waals surface area contributed by atoms with Crippen molar-refractivity contribution in [2.75, 3.05) is 18.1 Å². The standard InChI is InChI=1S/C25H21N3/c26-17-20-13-14-25(24-12-4-3-11-23(20)24)28-16-6-15-27(28)18-21-9-5-8-19-7-1-2-10-22(19)21/h1-5,7-14H,6,15-16,18H2. The first-order chi connectivity index (χ1) is 13.8. The largest absolute Gasteiger partial charge is 0.305 e. The van der Waals surface area contributed by atoms with E-state index >= 15 is 0 Å². The summed E-state index contributed by atoms with van der Waals surface area (Å²) < 4.78 is 0. The van der Waals surface area contributed by atoms with E-state index in [0.29, 0.717) is 0 Å². The number of hydrazine groups is 1. The van der Waals surface area contributed by atoms with Crippen LogP contribution < -0.4 is 5.01 Å². The second-order valence-electron chi connectivity index (χ2n) is 7.29. The molecule has 1 saturated heterocycles. The first-order valence-corrected chi connectivity index (χ1v) is 9.76. The Hall–Kier alpha value is -3.35. The molecule has 3 nitrogen and oxygen atoms in total. The molecule has 4 aromatic carbocycles. The van der Waals surface area contributed by atoms with E-state index in [9.17, 15) is 5.26 Å². The highest BCUT2D eigenvalue weighted by atomic mass is 15.6. The summed E-state index contributed by atoms with van der Waals surface area (Å²) in [5, 5.41) is 19.1. The van der Waals surface area contributed by atoms with Crippen LogP contribution in [0.2, 0.25) is 0 Å². The lowest BCUT2D eigenvalue weighted by Gasteiger charge is -2.31. The van der Waals surface area contributed by atoms with E-state index in [-0.39, 0.29) is 0 Å². The molecule has 1 fully saturated rings. The predicted molar refractivity (Wildman–Crippen MR) is 115 cm³/mol. The summed E-state index contributed by atoms with van der Waals surface area (Å²) in [6.07, 6.45) is 1.14. The van der Waals surface area contributed by atoms with Gasteiger partial charge in [-0.1, -0.05) is 66.7 Å². The van der Waals surface area contributed by atoms with Crippen LogP contribution in [0.3, 0.4) is 0 Å². The van der Waals surface area contributed by atoms with E-state index in [2.05, 4.69) is 76.8 Å². The third kappa shape index (κ3) is 2.79. The van der Waals surface area contributed by atoms with Gasteiger partial charge < -0.3 is 5.01 Å². The maximum Gasteiger partial charge on any atom is 0.0998 e. The van der Waals surface area contributed by atoms with Crippen LogP contribution in [-0.2, 0) is 6.54 Å². The molecule has 1 aliphatic rings. The lowest BCUT2D eigenvalue weighted by molar-refractivity contribution is 0.305. The minimum Gasteiger partial charge on any atom is -0.305 e. The van der Waals surface area contributed by atoms with Gasteiger partial charge in [-0.25, -0.2) is 5.01 Å². The van der Waals surface area contributed by atoms with Gasteiger partial charge in [0, 0.05) is 30.4 Å². The van der Waals surface area contributed by atoms with E-state index < -0.39 is 0 Å².